The summed E-state index contributed by atoms with van der Waals surface area (Å²) in [4.78, 5) is 19.2. The van der Waals surface area contributed by atoms with Gasteiger partial charge in [0.05, 0.1) is 17.3 Å². The van der Waals surface area contributed by atoms with Gasteiger partial charge >= 0.3 is 0 Å². The summed E-state index contributed by atoms with van der Waals surface area (Å²) >= 11 is 1.76. The highest BCUT2D eigenvalue weighted by Crippen LogP contribution is 2.54. The highest BCUT2D eigenvalue weighted by atomic mass is 32.1. The van der Waals surface area contributed by atoms with Crippen LogP contribution in [0.25, 0.3) is 0 Å². The van der Waals surface area contributed by atoms with Gasteiger partial charge in [0.15, 0.2) is 0 Å². The number of hydrogen-bond acceptors (Lipinski definition) is 5. The van der Waals surface area contributed by atoms with E-state index in [4.69, 9.17) is 4.74 Å². The van der Waals surface area contributed by atoms with Gasteiger partial charge in [-0.15, -0.1) is 0 Å². The van der Waals surface area contributed by atoms with Crippen molar-refractivity contribution >= 4 is 17.2 Å². The molecule has 3 saturated heterocycles. The molecule has 27 heavy (non-hydrogen) atoms. The number of rotatable bonds is 5. The zero-order valence-electron chi connectivity index (χ0n) is 15.6. The van der Waals surface area contributed by atoms with E-state index < -0.39 is 0 Å². The molecule has 142 valence electrons. The van der Waals surface area contributed by atoms with E-state index in [0.29, 0.717) is 30.0 Å². The van der Waals surface area contributed by atoms with Crippen LogP contribution >= 0.6 is 11.3 Å². The second-order valence-corrected chi connectivity index (χ2v) is 9.01. The lowest BCUT2D eigenvalue weighted by atomic mass is 9.73. The summed E-state index contributed by atoms with van der Waals surface area (Å²) < 4.78 is 6.50. The molecule has 5 rings (SSSR count). The van der Waals surface area contributed by atoms with E-state index >= 15 is 0 Å². The molecule has 6 heteroatoms. The smallest absolute Gasteiger partial charge is 0.252 e. The Morgan fingerprint density at radius 2 is 2.37 bits per heavy atom. The van der Waals surface area contributed by atoms with Crippen molar-refractivity contribution in [1.29, 1.82) is 0 Å². The summed E-state index contributed by atoms with van der Waals surface area (Å²) in [5.41, 5.74) is 2.96. The van der Waals surface area contributed by atoms with Gasteiger partial charge in [0, 0.05) is 49.9 Å². The van der Waals surface area contributed by atoms with Crippen LogP contribution < -0.4 is 5.32 Å². The molecule has 0 saturated carbocycles. The lowest BCUT2D eigenvalue weighted by Gasteiger charge is -2.29. The van der Waals surface area contributed by atoms with Crippen LogP contribution in [0.15, 0.2) is 35.2 Å². The minimum atomic E-state index is -0.0348. The normalized spacial score (nSPS) is 32.0. The molecule has 0 unspecified atom stereocenters. The molecule has 1 amide bonds. The molecule has 0 aliphatic carbocycles. The number of pyridine rings is 1. The number of aromatic nitrogens is 1. The van der Waals surface area contributed by atoms with Crippen LogP contribution in [0, 0.1) is 18.8 Å². The molecule has 1 spiro atoms. The molecule has 3 aliphatic rings. The maximum Gasteiger partial charge on any atom is 0.252 e. The Morgan fingerprint density at radius 1 is 1.44 bits per heavy atom. The maximum atomic E-state index is 12.5. The van der Waals surface area contributed by atoms with Gasteiger partial charge in [-0.2, -0.15) is 11.3 Å². The van der Waals surface area contributed by atoms with Crippen molar-refractivity contribution in [1.82, 2.24) is 15.2 Å². The number of fused-ring (bicyclic) bond motifs is 1. The maximum absolute atomic E-state index is 12.5. The number of aryl methyl sites for hydroxylation is 1. The number of nitrogens with one attached hydrogen (secondary N) is 1. The first-order valence-electron chi connectivity index (χ1n) is 9.75. The third kappa shape index (κ3) is 3.10. The van der Waals surface area contributed by atoms with Gasteiger partial charge < -0.3 is 10.1 Å². The van der Waals surface area contributed by atoms with Gasteiger partial charge in [-0.05, 0) is 54.3 Å². The zero-order valence-corrected chi connectivity index (χ0v) is 16.4. The molecule has 0 aromatic carbocycles. The van der Waals surface area contributed by atoms with Crippen molar-refractivity contribution in [3.63, 3.8) is 0 Å². The fraction of sp³-hybridized carbons (Fsp3) is 0.524. The van der Waals surface area contributed by atoms with Crippen LogP contribution in [0.3, 0.4) is 0 Å². The number of amides is 1. The average Bonchev–Trinajstić information content (AvgIpc) is 3.42. The van der Waals surface area contributed by atoms with Crippen LogP contribution in [0.5, 0.6) is 0 Å². The lowest BCUT2D eigenvalue weighted by molar-refractivity contribution is 0.00213. The van der Waals surface area contributed by atoms with Crippen LogP contribution in [-0.2, 0) is 11.3 Å². The molecule has 1 N–H and O–H groups in total. The standard InChI is InChI=1S/C21H25N3O2S/c1-14-2-3-16(8-22-14)20(25)23-9-17-18-11-24(10-15-5-7-27-12-15)13-21(18)6-4-19(17)26-21/h2-3,5,7-8,12,17-19H,4,6,9-11,13H2,1H3,(H,23,25)/t17-,18+,19+,21+/m0/s1. The molecule has 4 atom stereocenters. The molecule has 5 heterocycles. The van der Waals surface area contributed by atoms with Gasteiger partial charge in [-0.25, -0.2) is 0 Å². The zero-order chi connectivity index (χ0) is 18.4. The third-order valence-corrected chi connectivity index (χ3v) is 7.24. The van der Waals surface area contributed by atoms with E-state index in [0.717, 1.165) is 38.2 Å². The molecule has 2 aromatic rings. The monoisotopic (exact) mass is 383 g/mol. The Balaban J connectivity index is 1.24. The van der Waals surface area contributed by atoms with E-state index in [1.54, 1.807) is 17.5 Å². The Bertz CT molecular complexity index is 822. The summed E-state index contributed by atoms with van der Waals surface area (Å²) in [6.45, 7) is 5.71. The highest BCUT2D eigenvalue weighted by molar-refractivity contribution is 7.07. The van der Waals surface area contributed by atoms with Crippen molar-refractivity contribution in [3.05, 3.63) is 52.0 Å². The highest BCUT2D eigenvalue weighted by Gasteiger charge is 2.62. The van der Waals surface area contributed by atoms with E-state index in [9.17, 15) is 4.79 Å². The average molecular weight is 384 g/mol. The van der Waals surface area contributed by atoms with E-state index in [2.05, 4.69) is 32.0 Å². The quantitative estimate of drug-likeness (QED) is 0.863. The molecular formula is C21H25N3O2S. The molecule has 2 aromatic heterocycles. The van der Waals surface area contributed by atoms with Crippen molar-refractivity contribution in [2.24, 2.45) is 11.8 Å². The summed E-state index contributed by atoms with van der Waals surface area (Å²) in [6, 6.07) is 5.93. The number of likely N-dealkylation sites (tertiary alicyclic amines) is 1. The van der Waals surface area contributed by atoms with Crippen molar-refractivity contribution < 1.29 is 9.53 Å². The van der Waals surface area contributed by atoms with Crippen LogP contribution in [0.4, 0.5) is 0 Å². The minimum Gasteiger partial charge on any atom is -0.370 e. The fourth-order valence-corrected chi connectivity index (χ4v) is 5.90. The van der Waals surface area contributed by atoms with Crippen molar-refractivity contribution in [3.8, 4) is 0 Å². The number of thiophene rings is 1. The number of ether oxygens (including phenoxy) is 1. The van der Waals surface area contributed by atoms with Gasteiger partial charge in [0.25, 0.3) is 5.91 Å². The second-order valence-electron chi connectivity index (χ2n) is 8.23. The van der Waals surface area contributed by atoms with Gasteiger partial charge in [-0.1, -0.05) is 0 Å². The Hall–Kier alpha value is -1.76. The Labute approximate surface area is 163 Å². The molecule has 2 bridgehead atoms. The SMILES string of the molecule is Cc1ccc(C(=O)NC[C@H]2[C@H]3CN(Cc4ccsc4)C[C@]34CC[C@H]2O4)cn1. The van der Waals surface area contributed by atoms with E-state index in [1.165, 1.54) is 5.56 Å². The Kier molecular flexibility index (Phi) is 4.30. The summed E-state index contributed by atoms with van der Waals surface area (Å²) in [6.07, 6.45) is 4.24. The van der Waals surface area contributed by atoms with E-state index in [-0.39, 0.29) is 11.5 Å². The van der Waals surface area contributed by atoms with E-state index in [1.807, 2.05) is 19.1 Å². The van der Waals surface area contributed by atoms with Gasteiger partial charge in [0.2, 0.25) is 0 Å². The van der Waals surface area contributed by atoms with Crippen LogP contribution in [0.1, 0.15) is 34.5 Å². The topological polar surface area (TPSA) is 54.5 Å². The summed E-state index contributed by atoms with van der Waals surface area (Å²) in [5.74, 6) is 0.896. The summed E-state index contributed by atoms with van der Waals surface area (Å²) in [5, 5.41) is 7.52. The van der Waals surface area contributed by atoms with Crippen LogP contribution in [0.2, 0.25) is 0 Å². The predicted octanol–water partition coefficient (Wildman–Crippen LogP) is 2.86. The first-order valence-corrected chi connectivity index (χ1v) is 10.7. The molecule has 5 nitrogen and oxygen atoms in total. The molecule has 3 fully saturated rings. The van der Waals surface area contributed by atoms with Gasteiger partial charge in [-0.3, -0.25) is 14.7 Å². The van der Waals surface area contributed by atoms with Crippen molar-refractivity contribution in [2.75, 3.05) is 19.6 Å². The number of nitrogens with zero attached hydrogens (tertiary/aromatic N) is 2. The molecular weight excluding hydrogens is 358 g/mol. The molecule has 0 radical (unpaired) electrons. The van der Waals surface area contributed by atoms with Gasteiger partial charge in [0.1, 0.15) is 0 Å². The molecule has 3 aliphatic heterocycles. The Morgan fingerprint density at radius 3 is 3.15 bits per heavy atom. The third-order valence-electron chi connectivity index (χ3n) is 6.51. The largest absolute Gasteiger partial charge is 0.370 e. The first kappa shape index (κ1) is 17.3. The minimum absolute atomic E-state index is 0.0154. The summed E-state index contributed by atoms with van der Waals surface area (Å²) in [7, 11) is 0. The number of hydrogen-bond donors (Lipinski definition) is 1. The first-order chi connectivity index (χ1) is 13.1. The number of carbonyl (C=O) groups excluding carboxylic acids is 1. The lowest BCUT2D eigenvalue weighted by Crippen LogP contribution is -2.41. The predicted molar refractivity (Wildman–Crippen MR) is 105 cm³/mol. The fourth-order valence-electron chi connectivity index (χ4n) is 5.24. The second kappa shape index (κ2) is 6.69. The van der Waals surface area contributed by atoms with Crippen molar-refractivity contribution in [2.45, 2.75) is 38.0 Å². The number of carbonyl (C=O) groups is 1. The van der Waals surface area contributed by atoms with Crippen LogP contribution in [-0.4, -0.2) is 47.1 Å².